The van der Waals surface area contributed by atoms with Gasteiger partial charge in [0.05, 0.1) is 29.9 Å². The van der Waals surface area contributed by atoms with E-state index in [1.165, 1.54) is 0 Å². The van der Waals surface area contributed by atoms with Gasteiger partial charge in [-0.25, -0.2) is 9.97 Å². The van der Waals surface area contributed by atoms with Crippen molar-refractivity contribution >= 4 is 16.8 Å². The third-order valence-electron chi connectivity index (χ3n) is 5.38. The summed E-state index contributed by atoms with van der Waals surface area (Å²) in [5.74, 6) is -0.0206. The van der Waals surface area contributed by atoms with Gasteiger partial charge in [0.2, 0.25) is 0 Å². The van der Waals surface area contributed by atoms with Crippen LogP contribution in [0.3, 0.4) is 0 Å². The van der Waals surface area contributed by atoms with Crippen molar-refractivity contribution in [3.8, 4) is 17.1 Å². The van der Waals surface area contributed by atoms with Crippen LogP contribution in [-0.4, -0.2) is 43.9 Å². The van der Waals surface area contributed by atoms with Crippen LogP contribution in [0.1, 0.15) is 28.7 Å². The zero-order valence-corrected chi connectivity index (χ0v) is 17.2. The van der Waals surface area contributed by atoms with E-state index in [0.717, 1.165) is 33.4 Å². The van der Waals surface area contributed by atoms with E-state index in [0.29, 0.717) is 37.7 Å². The van der Waals surface area contributed by atoms with E-state index in [1.807, 2.05) is 48.2 Å². The first-order chi connectivity index (χ1) is 15.2. The van der Waals surface area contributed by atoms with Gasteiger partial charge >= 0.3 is 6.01 Å². The highest BCUT2D eigenvalue weighted by molar-refractivity contribution is 6.03. The molecule has 3 aromatic heterocycles. The van der Waals surface area contributed by atoms with Crippen molar-refractivity contribution in [1.29, 1.82) is 0 Å². The number of aromatic nitrogens is 4. The Labute approximate surface area is 179 Å². The molecular formula is C24H21N5O2. The predicted octanol–water partition coefficient (Wildman–Crippen LogP) is 3.68. The second kappa shape index (κ2) is 8.10. The van der Waals surface area contributed by atoms with Crippen molar-refractivity contribution in [3.63, 3.8) is 0 Å². The fourth-order valence-electron chi connectivity index (χ4n) is 3.85. The number of fused-ring (bicyclic) bond motifs is 2. The Hall–Kier alpha value is -3.87. The number of carbonyl (C=O) groups excluding carboxylic acids is 1. The summed E-state index contributed by atoms with van der Waals surface area (Å²) in [7, 11) is 0. The van der Waals surface area contributed by atoms with Crippen LogP contribution in [0.4, 0.5) is 0 Å². The monoisotopic (exact) mass is 411 g/mol. The largest absolute Gasteiger partial charge is 0.464 e. The van der Waals surface area contributed by atoms with Crippen molar-refractivity contribution in [2.45, 2.75) is 19.9 Å². The number of carbonyl (C=O) groups is 1. The third-order valence-corrected chi connectivity index (χ3v) is 5.38. The molecule has 0 N–H and O–H groups in total. The normalized spacial score (nSPS) is 12.9. The van der Waals surface area contributed by atoms with Crippen molar-refractivity contribution in [3.05, 3.63) is 78.0 Å². The van der Waals surface area contributed by atoms with E-state index < -0.39 is 0 Å². The van der Waals surface area contributed by atoms with Gasteiger partial charge in [0, 0.05) is 53.8 Å². The van der Waals surface area contributed by atoms with Crippen LogP contribution >= 0.6 is 0 Å². The first kappa shape index (κ1) is 19.1. The summed E-state index contributed by atoms with van der Waals surface area (Å²) in [6.07, 6.45) is 5.78. The Morgan fingerprint density at radius 3 is 2.71 bits per heavy atom. The molecule has 7 heteroatoms. The Morgan fingerprint density at radius 2 is 1.87 bits per heavy atom. The summed E-state index contributed by atoms with van der Waals surface area (Å²) in [5.41, 5.74) is 4.91. The number of pyridine rings is 2. The van der Waals surface area contributed by atoms with Gasteiger partial charge in [-0.05, 0) is 25.1 Å². The minimum absolute atomic E-state index is 0.0206. The number of benzene rings is 1. The summed E-state index contributed by atoms with van der Waals surface area (Å²) in [4.78, 5) is 32.6. The topological polar surface area (TPSA) is 81.1 Å². The number of ether oxygens (including phenoxy) is 1. The lowest BCUT2D eigenvalue weighted by molar-refractivity contribution is 0.0780. The molecule has 0 radical (unpaired) electrons. The molecule has 5 rings (SSSR count). The highest BCUT2D eigenvalue weighted by Gasteiger charge is 2.31. The molecule has 0 fully saturated rings. The van der Waals surface area contributed by atoms with E-state index in [4.69, 9.17) is 9.72 Å². The molecule has 0 aliphatic carbocycles. The van der Waals surface area contributed by atoms with Crippen molar-refractivity contribution < 1.29 is 9.53 Å². The van der Waals surface area contributed by atoms with Gasteiger partial charge in [-0.15, -0.1) is 0 Å². The first-order valence-electron chi connectivity index (χ1n) is 10.3. The molecule has 154 valence electrons. The average Bonchev–Trinajstić information content (AvgIpc) is 3.14. The van der Waals surface area contributed by atoms with E-state index in [-0.39, 0.29) is 5.91 Å². The first-order valence-corrected chi connectivity index (χ1v) is 10.3. The fourth-order valence-corrected chi connectivity index (χ4v) is 3.85. The maximum absolute atomic E-state index is 13.2. The number of hydrogen-bond donors (Lipinski definition) is 0. The van der Waals surface area contributed by atoms with Crippen LogP contribution in [-0.2, 0) is 13.0 Å². The van der Waals surface area contributed by atoms with Crippen molar-refractivity contribution in [1.82, 2.24) is 24.8 Å². The lowest BCUT2D eigenvalue weighted by Gasteiger charge is -2.15. The highest BCUT2D eigenvalue weighted by Crippen LogP contribution is 2.31. The SMILES string of the molecule is CCOc1ncc(-c2ccnc3c2C(=O)N(CCc2ccc4ccccc4n2)C3)cn1. The van der Waals surface area contributed by atoms with Gasteiger partial charge in [-0.1, -0.05) is 24.3 Å². The molecule has 0 spiro atoms. The summed E-state index contributed by atoms with van der Waals surface area (Å²) < 4.78 is 5.31. The van der Waals surface area contributed by atoms with Crippen LogP contribution in [0.25, 0.3) is 22.0 Å². The molecule has 0 atom stereocenters. The summed E-state index contributed by atoms with van der Waals surface area (Å²) in [6.45, 7) is 3.46. The molecule has 1 amide bonds. The van der Waals surface area contributed by atoms with Crippen molar-refractivity contribution in [2.75, 3.05) is 13.2 Å². The number of hydrogen-bond acceptors (Lipinski definition) is 6. The molecule has 1 aliphatic rings. The van der Waals surface area contributed by atoms with E-state index >= 15 is 0 Å². The molecule has 0 bridgehead atoms. The number of para-hydroxylation sites is 1. The minimum atomic E-state index is -0.0206. The Morgan fingerprint density at radius 1 is 1.03 bits per heavy atom. The molecule has 1 aromatic carbocycles. The van der Waals surface area contributed by atoms with Gasteiger partial charge in [-0.3, -0.25) is 14.8 Å². The number of rotatable bonds is 6. The maximum atomic E-state index is 13.2. The maximum Gasteiger partial charge on any atom is 0.316 e. The fraction of sp³-hybridized carbons (Fsp3) is 0.208. The zero-order chi connectivity index (χ0) is 21.2. The summed E-state index contributed by atoms with van der Waals surface area (Å²) in [6, 6.07) is 14.3. The minimum Gasteiger partial charge on any atom is -0.464 e. The van der Waals surface area contributed by atoms with E-state index in [2.05, 4.69) is 21.0 Å². The molecule has 4 heterocycles. The van der Waals surface area contributed by atoms with Gasteiger partial charge in [0.15, 0.2) is 0 Å². The number of nitrogens with zero attached hydrogens (tertiary/aromatic N) is 5. The van der Waals surface area contributed by atoms with Gasteiger partial charge < -0.3 is 9.64 Å². The molecule has 0 saturated heterocycles. The van der Waals surface area contributed by atoms with Crippen LogP contribution in [0.15, 0.2) is 61.1 Å². The van der Waals surface area contributed by atoms with Gasteiger partial charge in [0.25, 0.3) is 5.91 Å². The zero-order valence-electron chi connectivity index (χ0n) is 17.2. The number of amides is 1. The second-order valence-corrected chi connectivity index (χ2v) is 7.34. The lowest BCUT2D eigenvalue weighted by Crippen LogP contribution is -2.26. The summed E-state index contributed by atoms with van der Waals surface area (Å²) >= 11 is 0. The standard InChI is InChI=1S/C24H21N5O2/c1-2-31-24-26-13-17(14-27-24)19-9-11-25-21-15-29(23(30)22(19)21)12-10-18-8-7-16-5-3-4-6-20(16)28-18/h3-9,11,13-14H,2,10,12,15H2,1H3. The Bertz CT molecular complexity index is 1260. The van der Waals surface area contributed by atoms with E-state index in [1.54, 1.807) is 18.6 Å². The molecule has 0 saturated carbocycles. The summed E-state index contributed by atoms with van der Waals surface area (Å²) in [5, 5.41) is 1.11. The smallest absolute Gasteiger partial charge is 0.316 e. The molecule has 7 nitrogen and oxygen atoms in total. The van der Waals surface area contributed by atoms with Crippen molar-refractivity contribution in [2.24, 2.45) is 0 Å². The van der Waals surface area contributed by atoms with Crippen LogP contribution in [0, 0.1) is 0 Å². The predicted molar refractivity (Wildman–Crippen MR) is 117 cm³/mol. The molecule has 31 heavy (non-hydrogen) atoms. The van der Waals surface area contributed by atoms with Gasteiger partial charge in [-0.2, -0.15) is 0 Å². The molecular weight excluding hydrogens is 390 g/mol. The highest BCUT2D eigenvalue weighted by atomic mass is 16.5. The quantitative estimate of drug-likeness (QED) is 0.481. The molecule has 1 aliphatic heterocycles. The molecule has 4 aromatic rings. The Balaban J connectivity index is 1.35. The van der Waals surface area contributed by atoms with Crippen LogP contribution < -0.4 is 4.74 Å². The average molecular weight is 411 g/mol. The Kier molecular flexibility index (Phi) is 5.00. The lowest BCUT2D eigenvalue weighted by atomic mass is 10.0. The van der Waals surface area contributed by atoms with Crippen LogP contribution in [0.5, 0.6) is 6.01 Å². The second-order valence-electron chi connectivity index (χ2n) is 7.34. The molecule has 0 unspecified atom stereocenters. The third kappa shape index (κ3) is 3.70. The van der Waals surface area contributed by atoms with E-state index in [9.17, 15) is 4.79 Å². The van der Waals surface area contributed by atoms with Crippen LogP contribution in [0.2, 0.25) is 0 Å². The van der Waals surface area contributed by atoms with Gasteiger partial charge in [0.1, 0.15) is 0 Å².